The molecule has 0 fully saturated rings. The Morgan fingerprint density at radius 3 is 2.60 bits per heavy atom. The first-order valence-electron chi connectivity index (χ1n) is 6.67. The SMILES string of the molecule is CC(C)CNCCc1ncc(-c2c(F)cccc2F)o1. The van der Waals surface area contributed by atoms with Crippen molar-refractivity contribution in [2.45, 2.75) is 20.3 Å². The second kappa shape index (κ2) is 6.61. The molecule has 0 bridgehead atoms. The van der Waals surface area contributed by atoms with Crippen LogP contribution < -0.4 is 5.32 Å². The van der Waals surface area contributed by atoms with Crippen LogP contribution in [0.25, 0.3) is 11.3 Å². The van der Waals surface area contributed by atoms with Crippen molar-refractivity contribution < 1.29 is 13.2 Å². The summed E-state index contributed by atoms with van der Waals surface area (Å²) in [5.74, 6) is -0.128. The van der Waals surface area contributed by atoms with Crippen molar-refractivity contribution in [1.82, 2.24) is 10.3 Å². The van der Waals surface area contributed by atoms with E-state index in [-0.39, 0.29) is 11.3 Å². The normalized spacial score (nSPS) is 11.2. The summed E-state index contributed by atoms with van der Waals surface area (Å²) in [4.78, 5) is 4.05. The van der Waals surface area contributed by atoms with Gasteiger partial charge in [-0.2, -0.15) is 0 Å². The minimum absolute atomic E-state index is 0.124. The Kier molecular flexibility index (Phi) is 4.84. The van der Waals surface area contributed by atoms with Gasteiger partial charge in [0.1, 0.15) is 11.6 Å². The van der Waals surface area contributed by atoms with Crippen LogP contribution in [0, 0.1) is 17.6 Å². The molecule has 0 saturated heterocycles. The summed E-state index contributed by atoms with van der Waals surface area (Å²) >= 11 is 0. The van der Waals surface area contributed by atoms with Crippen molar-refractivity contribution in [3.8, 4) is 11.3 Å². The van der Waals surface area contributed by atoms with Gasteiger partial charge in [-0.15, -0.1) is 0 Å². The van der Waals surface area contributed by atoms with Crippen LogP contribution in [0.4, 0.5) is 8.78 Å². The van der Waals surface area contributed by atoms with Crippen LogP contribution in [0.1, 0.15) is 19.7 Å². The van der Waals surface area contributed by atoms with Crippen molar-refractivity contribution in [1.29, 1.82) is 0 Å². The Bertz CT molecular complexity index is 547. The average Bonchev–Trinajstić information content (AvgIpc) is 2.83. The summed E-state index contributed by atoms with van der Waals surface area (Å²) < 4.78 is 32.6. The van der Waals surface area contributed by atoms with Crippen LogP contribution in [-0.2, 0) is 6.42 Å². The lowest BCUT2D eigenvalue weighted by Gasteiger charge is -2.05. The fraction of sp³-hybridized carbons (Fsp3) is 0.400. The minimum atomic E-state index is -0.648. The number of nitrogens with zero attached hydrogens (tertiary/aromatic N) is 1. The molecule has 0 saturated carbocycles. The lowest BCUT2D eigenvalue weighted by atomic mass is 10.1. The molecule has 5 heteroatoms. The molecule has 20 heavy (non-hydrogen) atoms. The summed E-state index contributed by atoms with van der Waals surface area (Å²) in [6.45, 7) is 5.88. The number of nitrogens with one attached hydrogen (secondary N) is 1. The predicted octanol–water partition coefficient (Wildman–Crippen LogP) is 3.41. The number of rotatable bonds is 6. The Labute approximate surface area is 117 Å². The molecule has 0 unspecified atom stereocenters. The van der Waals surface area contributed by atoms with Gasteiger partial charge in [0.05, 0.1) is 11.8 Å². The summed E-state index contributed by atoms with van der Waals surface area (Å²) in [5.41, 5.74) is -0.165. The summed E-state index contributed by atoms with van der Waals surface area (Å²) in [5, 5.41) is 3.26. The first kappa shape index (κ1) is 14.7. The van der Waals surface area contributed by atoms with Gasteiger partial charge in [-0.05, 0) is 24.6 Å². The van der Waals surface area contributed by atoms with Crippen LogP contribution in [0.3, 0.4) is 0 Å². The van der Waals surface area contributed by atoms with E-state index in [2.05, 4.69) is 24.1 Å². The summed E-state index contributed by atoms with van der Waals surface area (Å²) in [7, 11) is 0. The van der Waals surface area contributed by atoms with Crippen LogP contribution in [0.15, 0.2) is 28.8 Å². The van der Waals surface area contributed by atoms with Crippen molar-refractivity contribution in [3.63, 3.8) is 0 Å². The molecule has 0 aliphatic carbocycles. The molecule has 1 N–H and O–H groups in total. The molecule has 1 aromatic carbocycles. The van der Waals surface area contributed by atoms with E-state index >= 15 is 0 Å². The Morgan fingerprint density at radius 2 is 1.95 bits per heavy atom. The number of aromatic nitrogens is 1. The number of benzene rings is 1. The van der Waals surface area contributed by atoms with Gasteiger partial charge in [-0.3, -0.25) is 0 Å². The van der Waals surface area contributed by atoms with Gasteiger partial charge in [0.2, 0.25) is 0 Å². The van der Waals surface area contributed by atoms with Gasteiger partial charge in [0, 0.05) is 13.0 Å². The van der Waals surface area contributed by atoms with Gasteiger partial charge in [-0.1, -0.05) is 19.9 Å². The van der Waals surface area contributed by atoms with E-state index in [4.69, 9.17) is 4.42 Å². The smallest absolute Gasteiger partial charge is 0.196 e. The van der Waals surface area contributed by atoms with Gasteiger partial charge < -0.3 is 9.73 Å². The second-order valence-electron chi connectivity index (χ2n) is 5.06. The number of hydrogen-bond donors (Lipinski definition) is 1. The maximum atomic E-state index is 13.6. The number of hydrogen-bond acceptors (Lipinski definition) is 3. The first-order chi connectivity index (χ1) is 9.58. The third-order valence-electron chi connectivity index (χ3n) is 2.83. The largest absolute Gasteiger partial charge is 0.440 e. The molecule has 2 aromatic rings. The molecule has 0 radical (unpaired) electrons. The summed E-state index contributed by atoms with van der Waals surface area (Å²) in [6, 6.07) is 3.72. The van der Waals surface area contributed by atoms with Gasteiger partial charge in [-0.25, -0.2) is 13.8 Å². The zero-order chi connectivity index (χ0) is 14.5. The van der Waals surface area contributed by atoms with E-state index in [1.807, 2.05) is 0 Å². The van der Waals surface area contributed by atoms with Crippen molar-refractivity contribution in [3.05, 3.63) is 41.9 Å². The molecular weight excluding hydrogens is 262 g/mol. The lowest BCUT2D eigenvalue weighted by molar-refractivity contribution is 0.477. The maximum Gasteiger partial charge on any atom is 0.196 e. The topological polar surface area (TPSA) is 38.1 Å². The second-order valence-corrected chi connectivity index (χ2v) is 5.06. The minimum Gasteiger partial charge on any atom is -0.440 e. The highest BCUT2D eigenvalue weighted by Crippen LogP contribution is 2.26. The van der Waals surface area contributed by atoms with Crippen LogP contribution >= 0.6 is 0 Å². The van der Waals surface area contributed by atoms with E-state index in [0.717, 1.165) is 13.1 Å². The van der Waals surface area contributed by atoms with Gasteiger partial charge >= 0.3 is 0 Å². The molecule has 108 valence electrons. The standard InChI is InChI=1S/C15H18F2N2O/c1-10(2)8-18-7-6-14-19-9-13(20-14)15-11(16)4-3-5-12(15)17/h3-5,9-10,18H,6-8H2,1-2H3. The van der Waals surface area contributed by atoms with E-state index in [0.29, 0.717) is 18.2 Å². The monoisotopic (exact) mass is 280 g/mol. The summed E-state index contributed by atoms with van der Waals surface area (Å²) in [6.07, 6.45) is 1.95. The van der Waals surface area contributed by atoms with Crippen LogP contribution in [-0.4, -0.2) is 18.1 Å². The number of halogens is 2. The van der Waals surface area contributed by atoms with E-state index in [1.165, 1.54) is 24.4 Å². The molecule has 0 spiro atoms. The fourth-order valence-corrected chi connectivity index (χ4v) is 1.86. The zero-order valence-corrected chi connectivity index (χ0v) is 11.6. The molecule has 0 aliphatic rings. The Morgan fingerprint density at radius 1 is 1.25 bits per heavy atom. The highest BCUT2D eigenvalue weighted by molar-refractivity contribution is 5.58. The molecule has 1 aromatic heterocycles. The van der Waals surface area contributed by atoms with Gasteiger partial charge in [0.15, 0.2) is 11.7 Å². The molecule has 2 rings (SSSR count). The molecule has 0 atom stereocenters. The Balaban J connectivity index is 2.02. The van der Waals surface area contributed by atoms with E-state index in [1.54, 1.807) is 0 Å². The third-order valence-corrected chi connectivity index (χ3v) is 2.83. The predicted molar refractivity (Wildman–Crippen MR) is 73.3 cm³/mol. The molecule has 3 nitrogen and oxygen atoms in total. The number of oxazole rings is 1. The van der Waals surface area contributed by atoms with Crippen molar-refractivity contribution >= 4 is 0 Å². The van der Waals surface area contributed by atoms with Crippen molar-refractivity contribution in [2.24, 2.45) is 5.92 Å². The quantitative estimate of drug-likeness (QED) is 0.824. The zero-order valence-electron chi connectivity index (χ0n) is 11.6. The molecule has 0 amide bonds. The highest BCUT2D eigenvalue weighted by atomic mass is 19.1. The first-order valence-corrected chi connectivity index (χ1v) is 6.67. The lowest BCUT2D eigenvalue weighted by Crippen LogP contribution is -2.22. The van der Waals surface area contributed by atoms with Crippen molar-refractivity contribution in [2.75, 3.05) is 13.1 Å². The van der Waals surface area contributed by atoms with Gasteiger partial charge in [0.25, 0.3) is 0 Å². The molecule has 1 heterocycles. The van der Waals surface area contributed by atoms with Crippen LogP contribution in [0.2, 0.25) is 0 Å². The average molecular weight is 280 g/mol. The highest BCUT2D eigenvalue weighted by Gasteiger charge is 2.15. The van der Waals surface area contributed by atoms with E-state index in [9.17, 15) is 8.78 Å². The maximum absolute atomic E-state index is 13.6. The molecular formula is C15H18F2N2O. The molecule has 0 aliphatic heterocycles. The Hall–Kier alpha value is -1.75. The van der Waals surface area contributed by atoms with Crippen LogP contribution in [0.5, 0.6) is 0 Å². The van der Waals surface area contributed by atoms with E-state index < -0.39 is 11.6 Å². The third kappa shape index (κ3) is 3.63. The fourth-order valence-electron chi connectivity index (χ4n) is 1.86.